The Morgan fingerprint density at radius 2 is 1.85 bits per heavy atom. The standard InChI is InChI=1S/C17H28ClNO/c1-3-4-5-6-7-8-12-17(19)14(2)20-16-11-9-10-15(18)13-16/h9-11,13-14,17H,3-8,12,19H2,1-2H3. The Kier molecular flexibility index (Phi) is 8.72. The fourth-order valence-corrected chi connectivity index (χ4v) is 2.42. The van der Waals surface area contributed by atoms with Gasteiger partial charge >= 0.3 is 0 Å². The number of ether oxygens (including phenoxy) is 1. The van der Waals surface area contributed by atoms with E-state index in [1.807, 2.05) is 31.2 Å². The molecule has 0 aliphatic heterocycles. The molecule has 0 aromatic heterocycles. The molecule has 1 aromatic carbocycles. The average Bonchev–Trinajstić information content (AvgIpc) is 2.42. The molecule has 114 valence electrons. The molecule has 20 heavy (non-hydrogen) atoms. The lowest BCUT2D eigenvalue weighted by molar-refractivity contribution is 0.183. The summed E-state index contributed by atoms with van der Waals surface area (Å²) in [5, 5.41) is 0.694. The normalized spacial score (nSPS) is 14.0. The molecular weight excluding hydrogens is 270 g/mol. The second kappa shape index (κ2) is 10.1. The maximum absolute atomic E-state index is 6.19. The minimum atomic E-state index is 0.0177. The number of hydrogen-bond acceptors (Lipinski definition) is 2. The van der Waals surface area contributed by atoms with Crippen LogP contribution < -0.4 is 10.5 Å². The number of rotatable bonds is 10. The van der Waals surface area contributed by atoms with Gasteiger partial charge in [-0.2, -0.15) is 0 Å². The first-order valence-corrected chi connectivity index (χ1v) is 8.19. The third-order valence-electron chi connectivity index (χ3n) is 3.61. The number of nitrogens with two attached hydrogens (primary N) is 1. The monoisotopic (exact) mass is 297 g/mol. The summed E-state index contributed by atoms with van der Waals surface area (Å²) in [4.78, 5) is 0. The van der Waals surface area contributed by atoms with Gasteiger partial charge in [0.05, 0.1) is 0 Å². The molecule has 0 amide bonds. The van der Waals surface area contributed by atoms with E-state index in [4.69, 9.17) is 22.1 Å². The van der Waals surface area contributed by atoms with E-state index in [0.29, 0.717) is 5.02 Å². The predicted molar refractivity (Wildman–Crippen MR) is 87.5 cm³/mol. The maximum Gasteiger partial charge on any atom is 0.121 e. The van der Waals surface area contributed by atoms with Gasteiger partial charge < -0.3 is 10.5 Å². The van der Waals surface area contributed by atoms with Crippen molar-refractivity contribution in [3.63, 3.8) is 0 Å². The van der Waals surface area contributed by atoms with Gasteiger partial charge in [0.25, 0.3) is 0 Å². The molecule has 0 heterocycles. The largest absolute Gasteiger partial charge is 0.489 e. The van der Waals surface area contributed by atoms with E-state index in [1.54, 1.807) is 0 Å². The first kappa shape index (κ1) is 17.3. The van der Waals surface area contributed by atoms with Gasteiger partial charge in [0, 0.05) is 11.1 Å². The molecule has 1 rings (SSSR count). The Morgan fingerprint density at radius 1 is 1.15 bits per heavy atom. The molecule has 0 aliphatic rings. The molecular formula is C17H28ClNO. The van der Waals surface area contributed by atoms with Crippen LogP contribution in [0.25, 0.3) is 0 Å². The van der Waals surface area contributed by atoms with Crippen molar-refractivity contribution in [2.24, 2.45) is 5.73 Å². The van der Waals surface area contributed by atoms with Gasteiger partial charge in [0.2, 0.25) is 0 Å². The van der Waals surface area contributed by atoms with Crippen LogP contribution >= 0.6 is 11.6 Å². The Balaban J connectivity index is 2.20. The number of halogens is 1. The summed E-state index contributed by atoms with van der Waals surface area (Å²) in [6, 6.07) is 7.56. The number of hydrogen-bond donors (Lipinski definition) is 1. The minimum absolute atomic E-state index is 0.0177. The van der Waals surface area contributed by atoms with Crippen molar-refractivity contribution < 1.29 is 4.74 Å². The highest BCUT2D eigenvalue weighted by molar-refractivity contribution is 6.30. The Morgan fingerprint density at radius 3 is 2.55 bits per heavy atom. The summed E-state index contributed by atoms with van der Waals surface area (Å²) in [5.41, 5.74) is 6.19. The van der Waals surface area contributed by atoms with Gasteiger partial charge in [0.1, 0.15) is 11.9 Å². The lowest BCUT2D eigenvalue weighted by atomic mass is 10.0. The van der Waals surface area contributed by atoms with Crippen LogP contribution in [0, 0.1) is 0 Å². The molecule has 2 N–H and O–H groups in total. The van der Waals surface area contributed by atoms with Crippen LogP contribution in [0.1, 0.15) is 58.8 Å². The second-order valence-corrected chi connectivity index (χ2v) is 5.94. The molecule has 1 aromatic rings. The van der Waals surface area contributed by atoms with E-state index < -0.39 is 0 Å². The third-order valence-corrected chi connectivity index (χ3v) is 3.85. The molecule has 0 radical (unpaired) electrons. The van der Waals surface area contributed by atoms with Crippen molar-refractivity contribution in [2.75, 3.05) is 0 Å². The fourth-order valence-electron chi connectivity index (χ4n) is 2.24. The minimum Gasteiger partial charge on any atom is -0.489 e. The van der Waals surface area contributed by atoms with Crippen molar-refractivity contribution in [2.45, 2.75) is 70.9 Å². The van der Waals surface area contributed by atoms with Crippen LogP contribution in [0.2, 0.25) is 5.02 Å². The van der Waals surface area contributed by atoms with Crippen LogP contribution in [0.15, 0.2) is 24.3 Å². The highest BCUT2D eigenvalue weighted by atomic mass is 35.5. The summed E-state index contributed by atoms with van der Waals surface area (Å²) in [7, 11) is 0. The summed E-state index contributed by atoms with van der Waals surface area (Å²) >= 11 is 5.94. The van der Waals surface area contributed by atoms with Crippen LogP contribution in [0.5, 0.6) is 5.75 Å². The van der Waals surface area contributed by atoms with Gasteiger partial charge in [-0.25, -0.2) is 0 Å². The quantitative estimate of drug-likeness (QED) is 0.604. The summed E-state index contributed by atoms with van der Waals surface area (Å²) in [5.74, 6) is 0.795. The molecule has 3 heteroatoms. The fraction of sp³-hybridized carbons (Fsp3) is 0.647. The first-order chi connectivity index (χ1) is 9.63. The molecule has 0 aliphatic carbocycles. The SMILES string of the molecule is CCCCCCCCC(N)C(C)Oc1cccc(Cl)c1. The lowest BCUT2D eigenvalue weighted by Crippen LogP contribution is -2.36. The van der Waals surface area contributed by atoms with Crippen LogP contribution in [-0.2, 0) is 0 Å². The van der Waals surface area contributed by atoms with E-state index in [2.05, 4.69) is 6.92 Å². The van der Waals surface area contributed by atoms with Crippen LogP contribution in [0.4, 0.5) is 0 Å². The third kappa shape index (κ3) is 7.16. The first-order valence-electron chi connectivity index (χ1n) is 7.81. The summed E-state index contributed by atoms with van der Waals surface area (Å²) in [6.45, 7) is 4.27. The highest BCUT2D eigenvalue weighted by Gasteiger charge is 2.14. The second-order valence-electron chi connectivity index (χ2n) is 5.50. The van der Waals surface area contributed by atoms with Gasteiger partial charge in [-0.15, -0.1) is 0 Å². The van der Waals surface area contributed by atoms with Gasteiger partial charge in [-0.1, -0.05) is 63.1 Å². The van der Waals surface area contributed by atoms with Crippen molar-refractivity contribution in [1.29, 1.82) is 0 Å². The Labute approximate surface area is 128 Å². The van der Waals surface area contributed by atoms with Crippen LogP contribution in [0.3, 0.4) is 0 Å². The van der Waals surface area contributed by atoms with Gasteiger partial charge in [0.15, 0.2) is 0 Å². The van der Waals surface area contributed by atoms with Crippen LogP contribution in [-0.4, -0.2) is 12.1 Å². The zero-order valence-electron chi connectivity index (χ0n) is 12.8. The van der Waals surface area contributed by atoms with Crippen molar-refractivity contribution in [1.82, 2.24) is 0 Å². The molecule has 2 atom stereocenters. The van der Waals surface area contributed by atoms with E-state index in [-0.39, 0.29) is 12.1 Å². The maximum atomic E-state index is 6.19. The van der Waals surface area contributed by atoms with E-state index in [9.17, 15) is 0 Å². The van der Waals surface area contributed by atoms with E-state index in [1.165, 1.54) is 38.5 Å². The van der Waals surface area contributed by atoms with E-state index >= 15 is 0 Å². The summed E-state index contributed by atoms with van der Waals surface area (Å²) in [6.07, 6.45) is 8.82. The molecule has 0 fully saturated rings. The Hall–Kier alpha value is -0.730. The smallest absolute Gasteiger partial charge is 0.121 e. The molecule has 2 nitrogen and oxygen atoms in total. The number of benzene rings is 1. The average molecular weight is 298 g/mol. The van der Waals surface area contributed by atoms with Crippen molar-refractivity contribution in [3.8, 4) is 5.75 Å². The van der Waals surface area contributed by atoms with Gasteiger partial charge in [-0.05, 0) is 31.5 Å². The number of unbranched alkanes of at least 4 members (excludes halogenated alkanes) is 5. The zero-order valence-corrected chi connectivity index (χ0v) is 13.5. The van der Waals surface area contributed by atoms with Gasteiger partial charge in [-0.3, -0.25) is 0 Å². The molecule has 0 spiro atoms. The zero-order chi connectivity index (χ0) is 14.8. The predicted octanol–water partition coefficient (Wildman–Crippen LogP) is 5.19. The molecule has 0 saturated heterocycles. The molecule has 0 bridgehead atoms. The Bertz CT molecular complexity index is 370. The molecule has 0 saturated carbocycles. The molecule has 2 unspecified atom stereocenters. The lowest BCUT2D eigenvalue weighted by Gasteiger charge is -2.21. The summed E-state index contributed by atoms with van der Waals surface area (Å²) < 4.78 is 5.84. The van der Waals surface area contributed by atoms with Crippen molar-refractivity contribution >= 4 is 11.6 Å². The topological polar surface area (TPSA) is 35.2 Å². The van der Waals surface area contributed by atoms with Crippen molar-refractivity contribution in [3.05, 3.63) is 29.3 Å². The highest BCUT2D eigenvalue weighted by Crippen LogP contribution is 2.19. The van der Waals surface area contributed by atoms with E-state index in [0.717, 1.165) is 12.2 Å².